The molecule has 2 aromatic carbocycles. The van der Waals surface area contributed by atoms with Crippen LogP contribution in [-0.4, -0.2) is 28.4 Å². The largest absolute Gasteiger partial charge is 0.377 e. The summed E-state index contributed by atoms with van der Waals surface area (Å²) in [5, 5.41) is 7.35. The number of hydrogen-bond donors (Lipinski definition) is 1. The van der Waals surface area contributed by atoms with E-state index in [1.807, 2.05) is 30.3 Å². The molecule has 1 heterocycles. The number of hydrogen-bond acceptors (Lipinski definition) is 5. The van der Waals surface area contributed by atoms with Gasteiger partial charge in [-0.3, -0.25) is 9.59 Å². The van der Waals surface area contributed by atoms with Crippen molar-refractivity contribution in [3.63, 3.8) is 0 Å². The van der Waals surface area contributed by atoms with Gasteiger partial charge in [0.2, 0.25) is 11.8 Å². The average Bonchev–Trinajstić information content (AvgIpc) is 2.90. The van der Waals surface area contributed by atoms with E-state index in [2.05, 4.69) is 26.1 Å². The molecule has 8 heteroatoms. The number of carbonyl (C=O) groups excluding carboxylic acids is 2. The average molecular weight is 431 g/mol. The first-order valence-electron chi connectivity index (χ1n) is 7.75. The van der Waals surface area contributed by atoms with Crippen molar-refractivity contribution in [1.82, 2.24) is 0 Å². The van der Waals surface area contributed by atoms with Crippen molar-refractivity contribution in [2.45, 2.75) is 11.7 Å². The minimum Gasteiger partial charge on any atom is -0.377 e. The van der Waals surface area contributed by atoms with Crippen molar-refractivity contribution in [1.29, 1.82) is 0 Å². The molecule has 1 aliphatic heterocycles. The second kappa shape index (κ2) is 8.29. The molecule has 0 aliphatic carbocycles. The Morgan fingerprint density at radius 3 is 2.54 bits per heavy atom. The summed E-state index contributed by atoms with van der Waals surface area (Å²) in [4.78, 5) is 26.0. The van der Waals surface area contributed by atoms with E-state index in [4.69, 9.17) is 5.73 Å². The molecule has 0 radical (unpaired) electrons. The molecule has 3 rings (SSSR count). The predicted octanol–water partition coefficient (Wildman–Crippen LogP) is 3.16. The van der Waals surface area contributed by atoms with Gasteiger partial charge in [-0.15, -0.1) is 5.10 Å². The number of halogens is 1. The van der Waals surface area contributed by atoms with Crippen LogP contribution < -0.4 is 10.6 Å². The Labute approximate surface area is 163 Å². The summed E-state index contributed by atoms with van der Waals surface area (Å²) in [5.74, 6) is -0.553. The van der Waals surface area contributed by atoms with Gasteiger partial charge in [-0.2, -0.15) is 5.10 Å². The van der Waals surface area contributed by atoms with Crippen LogP contribution in [0.2, 0.25) is 0 Å². The van der Waals surface area contributed by atoms with E-state index >= 15 is 0 Å². The molecule has 0 bridgehead atoms. The van der Waals surface area contributed by atoms with Crippen molar-refractivity contribution in [3.8, 4) is 0 Å². The lowest BCUT2D eigenvalue weighted by Gasteiger charge is -2.14. The number of benzene rings is 2. The first-order chi connectivity index (χ1) is 12.5. The highest BCUT2D eigenvalue weighted by atomic mass is 79.9. The monoisotopic (exact) mass is 430 g/mol. The Morgan fingerprint density at radius 1 is 1.15 bits per heavy atom. The Balaban J connectivity index is 1.66. The van der Waals surface area contributed by atoms with Crippen LogP contribution in [0.25, 0.3) is 0 Å². The molecule has 6 nitrogen and oxygen atoms in total. The molecule has 1 atom stereocenters. The summed E-state index contributed by atoms with van der Waals surface area (Å²) in [5.41, 5.74) is 7.28. The molecule has 2 N–H and O–H groups in total. The number of amidine groups is 1. The number of nitrogens with zero attached hydrogens (tertiary/aromatic N) is 3. The van der Waals surface area contributed by atoms with Crippen LogP contribution in [0.3, 0.4) is 0 Å². The Kier molecular flexibility index (Phi) is 5.85. The number of imide groups is 1. The van der Waals surface area contributed by atoms with Gasteiger partial charge in [-0.1, -0.05) is 58.0 Å². The van der Waals surface area contributed by atoms with E-state index < -0.39 is 5.25 Å². The molecule has 1 aliphatic rings. The van der Waals surface area contributed by atoms with Crippen molar-refractivity contribution in [2.75, 3.05) is 4.90 Å². The maximum atomic E-state index is 12.6. The second-order valence-electron chi connectivity index (χ2n) is 5.45. The quantitative estimate of drug-likeness (QED) is 0.349. The molecule has 26 heavy (non-hydrogen) atoms. The summed E-state index contributed by atoms with van der Waals surface area (Å²) in [6.07, 6.45) is 1.65. The predicted molar refractivity (Wildman–Crippen MR) is 108 cm³/mol. The van der Waals surface area contributed by atoms with E-state index in [-0.39, 0.29) is 23.4 Å². The third-order valence-electron chi connectivity index (χ3n) is 3.62. The molecule has 1 saturated heterocycles. The van der Waals surface area contributed by atoms with Gasteiger partial charge in [0.25, 0.3) is 0 Å². The normalized spacial score (nSPS) is 18.1. The number of carbonyl (C=O) groups is 2. The van der Waals surface area contributed by atoms with Gasteiger partial charge < -0.3 is 5.73 Å². The highest BCUT2D eigenvalue weighted by molar-refractivity contribution is 9.10. The summed E-state index contributed by atoms with van der Waals surface area (Å²) >= 11 is 4.38. The highest BCUT2D eigenvalue weighted by Gasteiger charge is 2.40. The highest BCUT2D eigenvalue weighted by Crippen LogP contribution is 2.30. The molecule has 1 unspecified atom stereocenters. The van der Waals surface area contributed by atoms with Gasteiger partial charge in [0.15, 0.2) is 5.17 Å². The van der Waals surface area contributed by atoms with Crippen LogP contribution in [0.1, 0.15) is 12.0 Å². The van der Waals surface area contributed by atoms with Crippen molar-refractivity contribution in [2.24, 2.45) is 15.9 Å². The van der Waals surface area contributed by atoms with Gasteiger partial charge >= 0.3 is 0 Å². The lowest BCUT2D eigenvalue weighted by molar-refractivity contribution is -0.121. The Hall–Kier alpha value is -2.45. The molecule has 132 valence electrons. The van der Waals surface area contributed by atoms with E-state index in [0.717, 1.165) is 21.8 Å². The van der Waals surface area contributed by atoms with Crippen molar-refractivity contribution in [3.05, 3.63) is 64.6 Å². The topological polar surface area (TPSA) is 88.1 Å². The smallest absolute Gasteiger partial charge is 0.247 e. The van der Waals surface area contributed by atoms with E-state index in [0.29, 0.717) is 5.69 Å². The summed E-state index contributed by atoms with van der Waals surface area (Å²) in [7, 11) is 0. The first kappa shape index (κ1) is 18.3. The number of amides is 2. The number of nitrogens with two attached hydrogens (primary N) is 1. The third-order valence-corrected chi connectivity index (χ3v) is 5.12. The maximum absolute atomic E-state index is 12.6. The molecule has 0 aromatic heterocycles. The molecule has 0 saturated carbocycles. The number of anilines is 1. The fourth-order valence-corrected chi connectivity index (χ4v) is 3.50. The van der Waals surface area contributed by atoms with E-state index in [9.17, 15) is 9.59 Å². The van der Waals surface area contributed by atoms with Crippen LogP contribution in [0, 0.1) is 0 Å². The zero-order valence-electron chi connectivity index (χ0n) is 13.6. The molecule has 1 fully saturated rings. The summed E-state index contributed by atoms with van der Waals surface area (Å²) < 4.78 is 0.874. The molecule has 2 aromatic rings. The van der Waals surface area contributed by atoms with Crippen LogP contribution in [0.5, 0.6) is 0 Å². The van der Waals surface area contributed by atoms with Gasteiger partial charge in [0.05, 0.1) is 11.9 Å². The van der Waals surface area contributed by atoms with Gasteiger partial charge in [-0.25, -0.2) is 4.90 Å². The SMILES string of the molecule is N/C(=N\N=C\c1ccccc1)SC1CC(=O)N(c2ccc(Br)cc2)C1=O. The first-order valence-corrected chi connectivity index (χ1v) is 9.42. The van der Waals surface area contributed by atoms with Gasteiger partial charge in [0.1, 0.15) is 5.25 Å². The van der Waals surface area contributed by atoms with Crippen LogP contribution >= 0.6 is 27.7 Å². The summed E-state index contributed by atoms with van der Waals surface area (Å²) in [6.45, 7) is 0. The standard InChI is InChI=1S/C18H15BrN4O2S/c19-13-6-8-14(9-7-13)23-16(24)10-15(17(23)25)26-18(20)22-21-11-12-4-2-1-3-5-12/h1-9,11,15H,10H2,(H2,20,22)/b21-11+. The number of thioether (sulfide) groups is 1. The lowest BCUT2D eigenvalue weighted by Crippen LogP contribution is -2.31. The second-order valence-corrected chi connectivity index (χ2v) is 7.59. The van der Waals surface area contributed by atoms with Crippen LogP contribution in [0.4, 0.5) is 5.69 Å². The third kappa shape index (κ3) is 4.39. The van der Waals surface area contributed by atoms with Gasteiger partial charge in [-0.05, 0) is 29.8 Å². The zero-order chi connectivity index (χ0) is 18.5. The minimum atomic E-state index is -0.596. The lowest BCUT2D eigenvalue weighted by atomic mass is 10.2. The molecular weight excluding hydrogens is 416 g/mol. The Bertz CT molecular complexity index is 869. The Morgan fingerprint density at radius 2 is 1.85 bits per heavy atom. The minimum absolute atomic E-state index is 0.0815. The van der Waals surface area contributed by atoms with Gasteiger partial charge in [0, 0.05) is 10.9 Å². The summed E-state index contributed by atoms with van der Waals surface area (Å²) in [6, 6.07) is 16.5. The van der Waals surface area contributed by atoms with E-state index in [1.165, 1.54) is 4.90 Å². The fraction of sp³-hybridized carbons (Fsp3) is 0.111. The molecular formula is C18H15BrN4O2S. The zero-order valence-corrected chi connectivity index (χ0v) is 16.0. The van der Waals surface area contributed by atoms with Crippen molar-refractivity contribution >= 4 is 56.6 Å². The molecule has 2 amide bonds. The number of rotatable bonds is 4. The van der Waals surface area contributed by atoms with Crippen LogP contribution in [0.15, 0.2) is 69.3 Å². The fourth-order valence-electron chi connectivity index (χ4n) is 2.42. The maximum Gasteiger partial charge on any atom is 0.247 e. The van der Waals surface area contributed by atoms with Crippen LogP contribution in [-0.2, 0) is 9.59 Å². The van der Waals surface area contributed by atoms with Crippen molar-refractivity contribution < 1.29 is 9.59 Å². The molecule has 0 spiro atoms. The van der Waals surface area contributed by atoms with E-state index in [1.54, 1.807) is 30.5 Å².